The van der Waals surface area contributed by atoms with Crippen molar-refractivity contribution in [1.82, 2.24) is 4.31 Å². The number of thiophene rings is 1. The van der Waals surface area contributed by atoms with Crippen molar-refractivity contribution in [2.45, 2.75) is 54.7 Å². The summed E-state index contributed by atoms with van der Waals surface area (Å²) in [7, 11) is -3.33. The number of rotatable bonds is 3. The van der Waals surface area contributed by atoms with Gasteiger partial charge in [0.15, 0.2) is 0 Å². The molecule has 1 aliphatic heterocycles. The number of halogens is 1. The summed E-state index contributed by atoms with van der Waals surface area (Å²) in [4.78, 5) is 0.919. The van der Waals surface area contributed by atoms with Crippen LogP contribution in [0.2, 0.25) is 0 Å². The first-order chi connectivity index (χ1) is 9.63. The van der Waals surface area contributed by atoms with Crippen molar-refractivity contribution < 1.29 is 8.42 Å². The molecule has 1 saturated carbocycles. The summed E-state index contributed by atoms with van der Waals surface area (Å²) >= 11 is 7.10. The van der Waals surface area contributed by atoms with Gasteiger partial charge in [-0.15, -0.1) is 22.9 Å². The maximum Gasteiger partial charge on any atom is 0.252 e. The molecule has 0 N–H and O–H groups in total. The Morgan fingerprint density at radius 2 is 1.95 bits per heavy atom. The Kier molecular flexibility index (Phi) is 4.41. The van der Waals surface area contributed by atoms with E-state index in [9.17, 15) is 8.42 Å². The molecule has 6 heteroatoms. The second kappa shape index (κ2) is 5.95. The molecular weight excluding hydrogens is 314 g/mol. The van der Waals surface area contributed by atoms with Gasteiger partial charge in [-0.05, 0) is 43.7 Å². The van der Waals surface area contributed by atoms with E-state index in [1.54, 1.807) is 10.4 Å². The first kappa shape index (κ1) is 14.8. The van der Waals surface area contributed by atoms with Crippen LogP contribution in [-0.4, -0.2) is 25.3 Å². The Morgan fingerprint density at radius 1 is 1.20 bits per heavy atom. The van der Waals surface area contributed by atoms with Crippen LogP contribution in [0.4, 0.5) is 0 Å². The number of piperidine rings is 1. The number of alkyl halides is 1. The summed E-state index contributed by atoms with van der Waals surface area (Å²) in [6.45, 7) is 0.678. The molecule has 1 aliphatic carbocycles. The normalized spacial score (nSPS) is 28.2. The first-order valence-electron chi connectivity index (χ1n) is 7.29. The molecule has 1 saturated heterocycles. The quantitative estimate of drug-likeness (QED) is 0.788. The van der Waals surface area contributed by atoms with Crippen LogP contribution >= 0.6 is 22.9 Å². The predicted molar refractivity (Wildman–Crippen MR) is 82.7 cm³/mol. The van der Waals surface area contributed by atoms with Crippen LogP contribution in [0.3, 0.4) is 0 Å². The van der Waals surface area contributed by atoms with E-state index in [0.29, 0.717) is 22.6 Å². The van der Waals surface area contributed by atoms with E-state index in [2.05, 4.69) is 0 Å². The molecular formula is C14H20ClNO2S2. The number of nitrogens with zero attached hydrogens (tertiary/aromatic N) is 1. The molecule has 1 aromatic rings. The molecule has 2 atom stereocenters. The SMILES string of the molecule is O=S(=O)(c1ccc(CCl)s1)N1CCC[C@H]2CCCC[C@H]21. The van der Waals surface area contributed by atoms with Crippen LogP contribution in [0.5, 0.6) is 0 Å². The van der Waals surface area contributed by atoms with Gasteiger partial charge in [0.2, 0.25) is 0 Å². The van der Waals surface area contributed by atoms with Crippen LogP contribution in [0, 0.1) is 5.92 Å². The van der Waals surface area contributed by atoms with Crippen molar-refractivity contribution in [3.63, 3.8) is 0 Å². The lowest BCUT2D eigenvalue weighted by molar-refractivity contribution is 0.129. The lowest BCUT2D eigenvalue weighted by Crippen LogP contribution is -2.49. The Morgan fingerprint density at radius 3 is 2.70 bits per heavy atom. The monoisotopic (exact) mass is 333 g/mol. The Hall–Kier alpha value is -0.100. The van der Waals surface area contributed by atoms with Gasteiger partial charge in [-0.25, -0.2) is 8.42 Å². The van der Waals surface area contributed by atoms with Crippen molar-refractivity contribution in [2.24, 2.45) is 5.92 Å². The molecule has 1 aromatic heterocycles. The van der Waals surface area contributed by atoms with Gasteiger partial charge in [0.05, 0.1) is 5.88 Å². The van der Waals surface area contributed by atoms with E-state index in [4.69, 9.17) is 11.6 Å². The van der Waals surface area contributed by atoms with Gasteiger partial charge >= 0.3 is 0 Å². The van der Waals surface area contributed by atoms with Crippen molar-refractivity contribution >= 4 is 33.0 Å². The van der Waals surface area contributed by atoms with Crippen LogP contribution in [0.15, 0.2) is 16.3 Å². The molecule has 0 amide bonds. The van der Waals surface area contributed by atoms with Crippen molar-refractivity contribution in [3.8, 4) is 0 Å². The molecule has 2 aliphatic rings. The summed E-state index contributed by atoms with van der Waals surface area (Å²) in [5.41, 5.74) is 0. The largest absolute Gasteiger partial charge is 0.252 e. The molecule has 0 bridgehead atoms. The number of fused-ring (bicyclic) bond motifs is 1. The minimum atomic E-state index is -3.33. The average molecular weight is 334 g/mol. The fraction of sp³-hybridized carbons (Fsp3) is 0.714. The molecule has 20 heavy (non-hydrogen) atoms. The second-order valence-electron chi connectivity index (χ2n) is 5.72. The van der Waals surface area contributed by atoms with Gasteiger partial charge in [0.1, 0.15) is 4.21 Å². The van der Waals surface area contributed by atoms with Gasteiger partial charge in [0, 0.05) is 17.5 Å². The van der Waals surface area contributed by atoms with Gasteiger partial charge in [-0.1, -0.05) is 12.8 Å². The van der Waals surface area contributed by atoms with E-state index < -0.39 is 10.0 Å². The highest BCUT2D eigenvalue weighted by Crippen LogP contribution is 2.39. The number of sulfonamides is 1. The van der Waals surface area contributed by atoms with Gasteiger partial charge < -0.3 is 0 Å². The van der Waals surface area contributed by atoms with Crippen LogP contribution in [0.25, 0.3) is 0 Å². The van der Waals surface area contributed by atoms with E-state index in [0.717, 1.165) is 24.1 Å². The highest BCUT2D eigenvalue weighted by molar-refractivity contribution is 7.91. The zero-order valence-electron chi connectivity index (χ0n) is 11.4. The second-order valence-corrected chi connectivity index (χ2v) is 9.28. The van der Waals surface area contributed by atoms with Crippen LogP contribution < -0.4 is 0 Å². The molecule has 0 aromatic carbocycles. The first-order valence-corrected chi connectivity index (χ1v) is 10.1. The smallest absolute Gasteiger partial charge is 0.206 e. The molecule has 0 unspecified atom stereocenters. The molecule has 3 nitrogen and oxygen atoms in total. The van der Waals surface area contributed by atoms with Crippen LogP contribution in [0.1, 0.15) is 43.4 Å². The van der Waals surface area contributed by atoms with Crippen molar-refractivity contribution in [3.05, 3.63) is 17.0 Å². The average Bonchev–Trinajstić information content (AvgIpc) is 2.96. The standard InChI is InChI=1S/C14H20ClNO2S2/c15-10-12-7-8-14(19-12)20(17,18)16-9-3-5-11-4-1-2-6-13(11)16/h7-8,11,13H,1-6,9-10H2/t11-,13-/m1/s1. The molecule has 2 fully saturated rings. The third kappa shape index (κ3) is 2.65. The highest BCUT2D eigenvalue weighted by Gasteiger charge is 2.40. The topological polar surface area (TPSA) is 37.4 Å². The lowest BCUT2D eigenvalue weighted by atomic mass is 9.79. The van der Waals surface area contributed by atoms with Gasteiger partial charge in [-0.3, -0.25) is 0 Å². The highest BCUT2D eigenvalue weighted by atomic mass is 35.5. The fourth-order valence-corrected chi connectivity index (χ4v) is 6.90. The predicted octanol–water partition coefficient (Wildman–Crippen LogP) is 3.83. The maximum atomic E-state index is 12.9. The Bertz CT molecular complexity index is 567. The van der Waals surface area contributed by atoms with Crippen LogP contribution in [-0.2, 0) is 15.9 Å². The number of hydrogen-bond acceptors (Lipinski definition) is 3. The summed E-state index contributed by atoms with van der Waals surface area (Å²) < 4.78 is 28.0. The van der Waals surface area contributed by atoms with E-state index in [1.807, 2.05) is 6.07 Å². The summed E-state index contributed by atoms with van der Waals surface area (Å²) in [6.07, 6.45) is 6.81. The zero-order valence-corrected chi connectivity index (χ0v) is 13.8. The Labute approximate surface area is 130 Å². The van der Waals surface area contributed by atoms with Crippen molar-refractivity contribution in [2.75, 3.05) is 6.54 Å². The summed E-state index contributed by atoms with van der Waals surface area (Å²) in [5, 5.41) is 0. The molecule has 0 spiro atoms. The molecule has 112 valence electrons. The Balaban J connectivity index is 1.89. The zero-order chi connectivity index (χ0) is 14.2. The molecule has 2 heterocycles. The molecule has 0 radical (unpaired) electrons. The fourth-order valence-electron chi connectivity index (χ4n) is 3.56. The van der Waals surface area contributed by atoms with Gasteiger partial charge in [-0.2, -0.15) is 4.31 Å². The maximum absolute atomic E-state index is 12.9. The third-order valence-corrected chi connectivity index (χ3v) is 8.45. The van der Waals surface area contributed by atoms with E-state index in [-0.39, 0.29) is 6.04 Å². The van der Waals surface area contributed by atoms with Crippen molar-refractivity contribution in [1.29, 1.82) is 0 Å². The number of hydrogen-bond donors (Lipinski definition) is 0. The lowest BCUT2D eigenvalue weighted by Gasteiger charge is -2.42. The minimum absolute atomic E-state index is 0.226. The summed E-state index contributed by atoms with van der Waals surface area (Å²) in [6, 6.07) is 3.76. The summed E-state index contributed by atoms with van der Waals surface area (Å²) in [5.74, 6) is 0.950. The van der Waals surface area contributed by atoms with E-state index >= 15 is 0 Å². The minimum Gasteiger partial charge on any atom is -0.206 e. The molecule has 3 rings (SSSR count). The van der Waals surface area contributed by atoms with E-state index in [1.165, 1.54) is 30.6 Å². The van der Waals surface area contributed by atoms with Gasteiger partial charge in [0.25, 0.3) is 10.0 Å². The third-order valence-electron chi connectivity index (χ3n) is 4.52.